The predicted octanol–water partition coefficient (Wildman–Crippen LogP) is 5.43. The summed E-state index contributed by atoms with van der Waals surface area (Å²) in [6.07, 6.45) is 0.524. The first-order valence-electron chi connectivity index (χ1n) is 9.15. The fourth-order valence-corrected chi connectivity index (χ4v) is 4.35. The van der Waals surface area contributed by atoms with Gasteiger partial charge in [-0.1, -0.05) is 89.0 Å². The van der Waals surface area contributed by atoms with Crippen LogP contribution in [-0.2, 0) is 11.2 Å². The molecule has 1 heterocycles. The van der Waals surface area contributed by atoms with E-state index in [9.17, 15) is 4.79 Å². The summed E-state index contributed by atoms with van der Waals surface area (Å²) in [6, 6.07) is 17.2. The fraction of sp³-hybridized carbons (Fsp3) is 0.0952. The van der Waals surface area contributed by atoms with E-state index in [1.807, 2.05) is 24.3 Å². The Morgan fingerprint density at radius 1 is 1.00 bits per heavy atom. The van der Waals surface area contributed by atoms with Crippen LogP contribution in [0.5, 0.6) is 0 Å². The molecular weight excluding hydrogens is 477 g/mol. The Kier molecular flexibility index (Phi) is 6.57. The van der Waals surface area contributed by atoms with Crippen molar-refractivity contribution in [1.29, 1.82) is 0 Å². The maximum absolute atomic E-state index is 12.3. The Hall–Kier alpha value is -2.45. The van der Waals surface area contributed by atoms with Gasteiger partial charge in [0.15, 0.2) is 5.82 Å². The van der Waals surface area contributed by atoms with Crippen LogP contribution in [0.3, 0.4) is 0 Å². The van der Waals surface area contributed by atoms with Gasteiger partial charge in [0.05, 0.1) is 26.5 Å². The number of thioether (sulfide) groups is 1. The van der Waals surface area contributed by atoms with Gasteiger partial charge in [-0.25, -0.2) is 4.68 Å². The standard InChI is InChI=1S/C21H16Cl3N5OS/c22-15-9-17(24)18(10-16(15)23)26-20(30)11-31-21-28-27-19(29(21)25)8-13-6-3-5-12-4-1-2-7-14(12)13/h1-7,9-10H,8,11,25H2,(H,26,30). The maximum Gasteiger partial charge on any atom is 0.234 e. The van der Waals surface area contributed by atoms with Crippen molar-refractivity contribution in [2.24, 2.45) is 0 Å². The number of aromatic nitrogens is 3. The van der Waals surface area contributed by atoms with Crippen molar-refractivity contribution in [3.05, 3.63) is 81.1 Å². The number of anilines is 1. The number of rotatable bonds is 6. The number of amides is 1. The third-order valence-corrected chi connectivity index (χ3v) is 6.56. The van der Waals surface area contributed by atoms with E-state index >= 15 is 0 Å². The molecule has 0 unspecified atom stereocenters. The first kappa shape index (κ1) is 21.8. The van der Waals surface area contributed by atoms with Crippen LogP contribution in [0.15, 0.2) is 59.8 Å². The number of halogens is 3. The molecule has 0 spiro atoms. The average Bonchev–Trinajstić information content (AvgIpc) is 3.10. The third-order valence-electron chi connectivity index (χ3n) is 4.58. The first-order chi connectivity index (χ1) is 14.9. The largest absolute Gasteiger partial charge is 0.336 e. The number of benzene rings is 3. The molecule has 4 aromatic rings. The number of nitrogens with zero attached hydrogens (tertiary/aromatic N) is 3. The molecule has 31 heavy (non-hydrogen) atoms. The Morgan fingerprint density at radius 3 is 2.58 bits per heavy atom. The van der Waals surface area contributed by atoms with E-state index in [2.05, 4.69) is 33.7 Å². The highest BCUT2D eigenvalue weighted by atomic mass is 35.5. The maximum atomic E-state index is 12.3. The lowest BCUT2D eigenvalue weighted by Crippen LogP contribution is -2.17. The summed E-state index contributed by atoms with van der Waals surface area (Å²) in [5.41, 5.74) is 1.48. The van der Waals surface area contributed by atoms with Gasteiger partial charge in [0, 0.05) is 6.42 Å². The molecule has 0 fully saturated rings. The van der Waals surface area contributed by atoms with Crippen LogP contribution in [0, 0.1) is 0 Å². The molecular formula is C21H16Cl3N5OS. The summed E-state index contributed by atoms with van der Waals surface area (Å²) < 4.78 is 1.41. The Morgan fingerprint density at radius 2 is 1.74 bits per heavy atom. The molecule has 6 nitrogen and oxygen atoms in total. The minimum Gasteiger partial charge on any atom is -0.336 e. The topological polar surface area (TPSA) is 85.8 Å². The lowest BCUT2D eigenvalue weighted by molar-refractivity contribution is -0.113. The fourth-order valence-electron chi connectivity index (χ4n) is 3.08. The number of nitrogens with two attached hydrogens (primary N) is 1. The Balaban J connectivity index is 1.43. The monoisotopic (exact) mass is 491 g/mol. The van der Waals surface area contributed by atoms with Gasteiger partial charge < -0.3 is 11.2 Å². The van der Waals surface area contributed by atoms with Crippen molar-refractivity contribution in [3.63, 3.8) is 0 Å². The molecule has 10 heteroatoms. The van der Waals surface area contributed by atoms with E-state index in [0.717, 1.165) is 16.3 Å². The molecule has 0 aliphatic heterocycles. The predicted molar refractivity (Wildman–Crippen MR) is 128 cm³/mol. The van der Waals surface area contributed by atoms with Crippen LogP contribution >= 0.6 is 46.6 Å². The van der Waals surface area contributed by atoms with Gasteiger partial charge in [-0.15, -0.1) is 10.2 Å². The number of nitrogens with one attached hydrogen (secondary N) is 1. The molecule has 158 valence electrons. The number of fused-ring (bicyclic) bond motifs is 1. The SMILES string of the molecule is Nn1c(Cc2cccc3ccccc23)nnc1SCC(=O)Nc1cc(Cl)c(Cl)cc1Cl. The molecule has 4 rings (SSSR count). The molecule has 0 aliphatic rings. The minimum absolute atomic E-state index is 0.0696. The van der Waals surface area contributed by atoms with Crippen molar-refractivity contribution in [1.82, 2.24) is 14.9 Å². The molecule has 0 saturated heterocycles. The second-order valence-corrected chi connectivity index (χ2v) is 8.83. The second-order valence-electron chi connectivity index (χ2n) is 6.67. The molecule has 0 atom stereocenters. The van der Waals surface area contributed by atoms with Crippen LogP contribution < -0.4 is 11.2 Å². The van der Waals surface area contributed by atoms with Crippen LogP contribution in [0.1, 0.15) is 11.4 Å². The summed E-state index contributed by atoms with van der Waals surface area (Å²) in [4.78, 5) is 12.3. The van der Waals surface area contributed by atoms with Gasteiger partial charge in [0.2, 0.25) is 11.1 Å². The van der Waals surface area contributed by atoms with E-state index < -0.39 is 0 Å². The van der Waals surface area contributed by atoms with E-state index in [1.54, 1.807) is 0 Å². The van der Waals surface area contributed by atoms with Crippen LogP contribution in [0.2, 0.25) is 15.1 Å². The highest BCUT2D eigenvalue weighted by Gasteiger charge is 2.15. The van der Waals surface area contributed by atoms with Crippen LogP contribution in [0.25, 0.3) is 10.8 Å². The smallest absolute Gasteiger partial charge is 0.234 e. The van der Waals surface area contributed by atoms with Gasteiger partial charge >= 0.3 is 0 Å². The summed E-state index contributed by atoms with van der Waals surface area (Å²) in [5.74, 6) is 6.57. The zero-order chi connectivity index (χ0) is 22.0. The molecule has 1 amide bonds. The molecule has 0 saturated carbocycles. The van der Waals surface area contributed by atoms with E-state index in [4.69, 9.17) is 40.6 Å². The molecule has 3 aromatic carbocycles. The summed E-state index contributed by atoms with van der Waals surface area (Å²) in [6.45, 7) is 0. The Labute approximate surface area is 197 Å². The number of hydrogen-bond donors (Lipinski definition) is 2. The second kappa shape index (κ2) is 9.36. The molecule has 0 radical (unpaired) electrons. The summed E-state index contributed by atoms with van der Waals surface area (Å²) in [5, 5.41) is 14.7. The van der Waals surface area contributed by atoms with Crippen LogP contribution in [0.4, 0.5) is 5.69 Å². The number of carbonyl (C=O) groups excluding carboxylic acids is 1. The highest BCUT2D eigenvalue weighted by molar-refractivity contribution is 7.99. The van der Waals surface area contributed by atoms with Crippen molar-refractivity contribution >= 4 is 68.9 Å². The van der Waals surface area contributed by atoms with Gasteiger partial charge in [-0.2, -0.15) is 0 Å². The zero-order valence-corrected chi connectivity index (χ0v) is 19.1. The van der Waals surface area contributed by atoms with Crippen molar-refractivity contribution in [2.45, 2.75) is 11.6 Å². The van der Waals surface area contributed by atoms with E-state index in [1.165, 1.54) is 28.6 Å². The zero-order valence-electron chi connectivity index (χ0n) is 16.0. The van der Waals surface area contributed by atoms with Gasteiger partial charge in [0.1, 0.15) is 0 Å². The summed E-state index contributed by atoms with van der Waals surface area (Å²) in [7, 11) is 0. The molecule has 0 bridgehead atoms. The van der Waals surface area contributed by atoms with E-state index in [0.29, 0.717) is 38.2 Å². The first-order valence-corrected chi connectivity index (χ1v) is 11.3. The Bertz CT molecular complexity index is 1270. The van der Waals surface area contributed by atoms with Crippen molar-refractivity contribution < 1.29 is 4.79 Å². The quantitative estimate of drug-likeness (QED) is 0.213. The van der Waals surface area contributed by atoms with E-state index in [-0.39, 0.29) is 11.7 Å². The van der Waals surface area contributed by atoms with Gasteiger partial charge in [-0.05, 0) is 28.5 Å². The van der Waals surface area contributed by atoms with Crippen molar-refractivity contribution in [2.75, 3.05) is 16.9 Å². The number of nitrogen functional groups attached to an aromatic ring is 1. The number of hydrogen-bond acceptors (Lipinski definition) is 5. The minimum atomic E-state index is -0.288. The molecule has 3 N–H and O–H groups in total. The lowest BCUT2D eigenvalue weighted by atomic mass is 10.0. The third kappa shape index (κ3) is 4.91. The average molecular weight is 493 g/mol. The summed E-state index contributed by atoms with van der Waals surface area (Å²) >= 11 is 19.2. The van der Waals surface area contributed by atoms with Crippen LogP contribution in [-0.4, -0.2) is 26.5 Å². The highest BCUT2D eigenvalue weighted by Crippen LogP contribution is 2.32. The normalized spacial score (nSPS) is 11.1. The molecule has 1 aromatic heterocycles. The number of carbonyl (C=O) groups is 1. The molecule has 0 aliphatic carbocycles. The lowest BCUT2D eigenvalue weighted by Gasteiger charge is -2.09. The van der Waals surface area contributed by atoms with Crippen molar-refractivity contribution in [3.8, 4) is 0 Å². The van der Waals surface area contributed by atoms with Gasteiger partial charge in [0.25, 0.3) is 0 Å². The van der Waals surface area contributed by atoms with Gasteiger partial charge in [-0.3, -0.25) is 4.79 Å².